The molecule has 1 amide bonds. The van der Waals surface area contributed by atoms with Crippen LogP contribution in [0.15, 0.2) is 42.5 Å². The van der Waals surface area contributed by atoms with Crippen LogP contribution in [0.3, 0.4) is 0 Å². The number of nitrogens with zero attached hydrogens (tertiary/aromatic N) is 1. The number of rotatable bonds is 11. The number of pyridine rings is 1. The predicted octanol–water partition coefficient (Wildman–Crippen LogP) is 3.57. The zero-order valence-electron chi connectivity index (χ0n) is 17.3. The molecule has 2 N–H and O–H groups in total. The maximum Gasteiger partial charge on any atom is 0.326 e. The quantitative estimate of drug-likeness (QED) is 0.553. The summed E-state index contributed by atoms with van der Waals surface area (Å²) in [4.78, 5) is 28.3. The van der Waals surface area contributed by atoms with Crippen LogP contribution in [-0.4, -0.2) is 41.2 Å². The largest absolute Gasteiger partial charge is 0.480 e. The van der Waals surface area contributed by atoms with Crippen molar-refractivity contribution in [2.24, 2.45) is 0 Å². The fourth-order valence-electron chi connectivity index (χ4n) is 3.67. The van der Waals surface area contributed by atoms with E-state index in [-0.39, 0.29) is 12.3 Å². The van der Waals surface area contributed by atoms with Gasteiger partial charge in [0.15, 0.2) is 0 Å². The number of carboxylic acids is 1. The van der Waals surface area contributed by atoms with Crippen LogP contribution < -0.4 is 5.32 Å². The van der Waals surface area contributed by atoms with Gasteiger partial charge in [0.1, 0.15) is 6.04 Å². The van der Waals surface area contributed by atoms with Crippen LogP contribution in [0.25, 0.3) is 0 Å². The molecule has 0 saturated carbocycles. The molecule has 6 heteroatoms. The van der Waals surface area contributed by atoms with Gasteiger partial charge in [0.25, 0.3) is 5.91 Å². The molecule has 6 nitrogen and oxygen atoms in total. The monoisotopic (exact) mass is 410 g/mol. The number of hydrogen-bond donors (Lipinski definition) is 2. The molecular weight excluding hydrogens is 380 g/mol. The first-order valence-electron chi connectivity index (χ1n) is 10.8. The van der Waals surface area contributed by atoms with Gasteiger partial charge in [-0.2, -0.15) is 0 Å². The van der Waals surface area contributed by atoms with Gasteiger partial charge in [-0.3, -0.25) is 9.78 Å². The molecule has 0 aliphatic heterocycles. The highest BCUT2D eigenvalue weighted by Gasteiger charge is 2.20. The number of fused-ring (bicyclic) bond motifs is 1. The molecule has 1 aromatic carbocycles. The number of nitrogens with one attached hydrogen (secondary N) is 1. The Morgan fingerprint density at radius 3 is 2.63 bits per heavy atom. The standard InChI is InChI=1S/C24H30N2O4/c27-23(19-9-2-1-3-10-19)26-22(24(28)29)15-17-30-16-7-6-11-20-14-13-18-8-4-5-12-21(18)25-20/h1-3,9-10,13-14,22H,4-8,11-12,15-17H2,(H,26,27)(H,28,29)/t22-/m0/s1. The van der Waals surface area contributed by atoms with Crippen LogP contribution in [0.5, 0.6) is 0 Å². The number of aryl methyl sites for hydroxylation is 3. The maximum atomic E-state index is 12.1. The molecule has 0 spiro atoms. The van der Waals surface area contributed by atoms with E-state index in [1.165, 1.54) is 24.1 Å². The van der Waals surface area contributed by atoms with E-state index in [4.69, 9.17) is 9.72 Å². The first-order valence-corrected chi connectivity index (χ1v) is 10.8. The Hall–Kier alpha value is -2.73. The molecule has 1 aromatic heterocycles. The van der Waals surface area contributed by atoms with Gasteiger partial charge in [-0.25, -0.2) is 4.79 Å². The third kappa shape index (κ3) is 6.66. The van der Waals surface area contributed by atoms with Crippen molar-refractivity contribution in [3.05, 3.63) is 65.0 Å². The van der Waals surface area contributed by atoms with Gasteiger partial charge in [0.05, 0.1) is 0 Å². The van der Waals surface area contributed by atoms with Crippen LogP contribution in [0.1, 0.15) is 59.4 Å². The number of aromatic nitrogens is 1. The number of hydrogen-bond acceptors (Lipinski definition) is 4. The average molecular weight is 411 g/mol. The van der Waals surface area contributed by atoms with E-state index in [0.29, 0.717) is 18.8 Å². The summed E-state index contributed by atoms with van der Waals surface area (Å²) < 4.78 is 5.60. The van der Waals surface area contributed by atoms with Crippen molar-refractivity contribution < 1.29 is 19.4 Å². The van der Waals surface area contributed by atoms with E-state index in [9.17, 15) is 14.7 Å². The highest BCUT2D eigenvalue weighted by atomic mass is 16.5. The van der Waals surface area contributed by atoms with Crippen molar-refractivity contribution in [2.45, 2.75) is 57.4 Å². The molecule has 0 bridgehead atoms. The Bertz CT molecular complexity index is 838. The van der Waals surface area contributed by atoms with Gasteiger partial charge in [-0.15, -0.1) is 0 Å². The van der Waals surface area contributed by atoms with Crippen molar-refractivity contribution >= 4 is 11.9 Å². The summed E-state index contributed by atoms with van der Waals surface area (Å²) in [7, 11) is 0. The summed E-state index contributed by atoms with van der Waals surface area (Å²) in [6, 6.07) is 12.0. The predicted molar refractivity (Wildman–Crippen MR) is 115 cm³/mol. The third-order valence-corrected chi connectivity index (χ3v) is 5.40. The number of carboxylic acid groups (broad SMARTS) is 1. The smallest absolute Gasteiger partial charge is 0.326 e. The molecule has 3 rings (SSSR count). The van der Waals surface area contributed by atoms with E-state index in [0.717, 1.165) is 37.8 Å². The lowest BCUT2D eigenvalue weighted by Crippen LogP contribution is -2.41. The van der Waals surface area contributed by atoms with Gasteiger partial charge < -0.3 is 15.2 Å². The molecule has 1 heterocycles. The minimum Gasteiger partial charge on any atom is -0.480 e. The molecule has 30 heavy (non-hydrogen) atoms. The second-order valence-corrected chi connectivity index (χ2v) is 7.70. The van der Waals surface area contributed by atoms with E-state index in [1.807, 2.05) is 0 Å². The van der Waals surface area contributed by atoms with E-state index in [1.54, 1.807) is 30.3 Å². The van der Waals surface area contributed by atoms with E-state index < -0.39 is 12.0 Å². The van der Waals surface area contributed by atoms with Crippen molar-refractivity contribution in [3.63, 3.8) is 0 Å². The number of unbranched alkanes of at least 4 members (excludes halogenated alkanes) is 1. The lowest BCUT2D eigenvalue weighted by atomic mass is 9.95. The van der Waals surface area contributed by atoms with E-state index in [2.05, 4.69) is 17.4 Å². The van der Waals surface area contributed by atoms with Gasteiger partial charge in [0, 0.05) is 36.6 Å². The molecule has 0 unspecified atom stereocenters. The summed E-state index contributed by atoms with van der Waals surface area (Å²) in [5.41, 5.74) is 4.26. The molecular formula is C24H30N2O4. The number of carbonyl (C=O) groups is 2. The number of amides is 1. The molecule has 0 saturated heterocycles. The summed E-state index contributed by atoms with van der Waals surface area (Å²) in [5.74, 6) is -1.44. The second kappa shape index (κ2) is 11.5. The van der Waals surface area contributed by atoms with Crippen molar-refractivity contribution in [3.8, 4) is 0 Å². The van der Waals surface area contributed by atoms with Crippen LogP contribution in [0, 0.1) is 0 Å². The second-order valence-electron chi connectivity index (χ2n) is 7.70. The number of carbonyl (C=O) groups excluding carboxylic acids is 1. The molecule has 1 aliphatic carbocycles. The number of aliphatic carboxylic acids is 1. The number of benzene rings is 1. The van der Waals surface area contributed by atoms with Crippen LogP contribution in [0.2, 0.25) is 0 Å². The Balaban J connectivity index is 1.31. The Kier molecular flexibility index (Phi) is 8.39. The first kappa shape index (κ1) is 22.0. The van der Waals surface area contributed by atoms with Gasteiger partial charge in [-0.1, -0.05) is 24.3 Å². The Labute approximate surface area is 177 Å². The average Bonchev–Trinajstić information content (AvgIpc) is 2.77. The zero-order chi connectivity index (χ0) is 21.2. The van der Waals surface area contributed by atoms with Crippen LogP contribution in [-0.2, 0) is 28.8 Å². The van der Waals surface area contributed by atoms with Crippen molar-refractivity contribution in [1.82, 2.24) is 10.3 Å². The SMILES string of the molecule is O=C(N[C@@H](CCOCCCCc1ccc2c(n1)CCCC2)C(=O)O)c1ccccc1. The fourth-order valence-corrected chi connectivity index (χ4v) is 3.67. The Morgan fingerprint density at radius 2 is 1.83 bits per heavy atom. The van der Waals surface area contributed by atoms with Crippen molar-refractivity contribution in [1.29, 1.82) is 0 Å². The summed E-state index contributed by atoms with van der Waals surface area (Å²) in [6.07, 6.45) is 7.80. The van der Waals surface area contributed by atoms with Gasteiger partial charge >= 0.3 is 5.97 Å². The summed E-state index contributed by atoms with van der Waals surface area (Å²) >= 11 is 0. The summed E-state index contributed by atoms with van der Waals surface area (Å²) in [5, 5.41) is 11.9. The molecule has 0 radical (unpaired) electrons. The lowest BCUT2D eigenvalue weighted by Gasteiger charge is -2.15. The molecule has 0 fully saturated rings. The number of ether oxygens (including phenoxy) is 1. The molecule has 2 aromatic rings. The summed E-state index contributed by atoms with van der Waals surface area (Å²) in [6.45, 7) is 0.868. The molecule has 1 atom stereocenters. The zero-order valence-corrected chi connectivity index (χ0v) is 17.3. The highest BCUT2D eigenvalue weighted by Crippen LogP contribution is 2.20. The third-order valence-electron chi connectivity index (χ3n) is 5.40. The maximum absolute atomic E-state index is 12.1. The van der Waals surface area contributed by atoms with Crippen LogP contribution in [0.4, 0.5) is 0 Å². The topological polar surface area (TPSA) is 88.5 Å². The molecule has 1 aliphatic rings. The van der Waals surface area contributed by atoms with Crippen LogP contribution >= 0.6 is 0 Å². The molecule has 160 valence electrons. The lowest BCUT2D eigenvalue weighted by molar-refractivity contribution is -0.139. The highest BCUT2D eigenvalue weighted by molar-refractivity contribution is 5.96. The minimum atomic E-state index is -1.05. The Morgan fingerprint density at radius 1 is 1.03 bits per heavy atom. The van der Waals surface area contributed by atoms with Gasteiger partial charge in [-0.05, 0) is 68.7 Å². The normalized spacial score (nSPS) is 14.0. The van der Waals surface area contributed by atoms with E-state index >= 15 is 0 Å². The first-order chi connectivity index (χ1) is 14.6. The van der Waals surface area contributed by atoms with Gasteiger partial charge in [0.2, 0.25) is 0 Å². The fraction of sp³-hybridized carbons (Fsp3) is 0.458. The van der Waals surface area contributed by atoms with Crippen molar-refractivity contribution in [2.75, 3.05) is 13.2 Å². The minimum absolute atomic E-state index is 0.236.